The predicted octanol–water partition coefficient (Wildman–Crippen LogP) is 1.46. The van der Waals surface area contributed by atoms with Crippen molar-refractivity contribution < 1.29 is 4.79 Å². The number of urea groups is 1. The van der Waals surface area contributed by atoms with Crippen LogP contribution in [0.25, 0.3) is 0 Å². The van der Waals surface area contributed by atoms with E-state index in [-0.39, 0.29) is 6.03 Å². The van der Waals surface area contributed by atoms with Gasteiger partial charge in [-0.15, -0.1) is 0 Å². The van der Waals surface area contributed by atoms with Gasteiger partial charge in [0.05, 0.1) is 0 Å². The van der Waals surface area contributed by atoms with Crippen LogP contribution in [0.3, 0.4) is 0 Å². The lowest BCUT2D eigenvalue weighted by molar-refractivity contribution is 0.161. The van der Waals surface area contributed by atoms with Gasteiger partial charge in [0.15, 0.2) is 0 Å². The zero-order valence-corrected chi connectivity index (χ0v) is 11.7. The molecule has 19 heavy (non-hydrogen) atoms. The van der Waals surface area contributed by atoms with Crippen LogP contribution >= 0.6 is 0 Å². The molecule has 1 aliphatic rings. The van der Waals surface area contributed by atoms with Crippen molar-refractivity contribution >= 4 is 17.4 Å². The normalized spacial score (nSPS) is 15.5. The van der Waals surface area contributed by atoms with Crippen molar-refractivity contribution in [3.63, 3.8) is 0 Å². The van der Waals surface area contributed by atoms with Crippen LogP contribution in [0.4, 0.5) is 16.2 Å². The number of anilines is 2. The number of rotatable bonds is 2. The standard InChI is InChI=1S/C14H22N4O/c1-3-16(2)14(19)18-9-7-17(8-10-18)13-6-4-5-12(15)11-13/h4-6,11H,3,7-10,15H2,1-2H3. The Bertz CT molecular complexity index is 441. The van der Waals surface area contributed by atoms with Gasteiger partial charge in [-0.1, -0.05) is 6.07 Å². The first-order valence-electron chi connectivity index (χ1n) is 6.72. The van der Waals surface area contributed by atoms with Crippen LogP contribution in [0.5, 0.6) is 0 Å². The fourth-order valence-electron chi connectivity index (χ4n) is 2.25. The zero-order chi connectivity index (χ0) is 13.8. The molecule has 0 saturated carbocycles. The molecule has 1 heterocycles. The molecular weight excluding hydrogens is 240 g/mol. The van der Waals surface area contributed by atoms with Crippen molar-refractivity contribution in [2.75, 3.05) is 50.4 Å². The van der Waals surface area contributed by atoms with Crippen molar-refractivity contribution in [3.8, 4) is 0 Å². The van der Waals surface area contributed by atoms with E-state index in [1.165, 1.54) is 0 Å². The second-order valence-electron chi connectivity index (χ2n) is 4.87. The van der Waals surface area contributed by atoms with Crippen LogP contribution in [-0.4, -0.2) is 55.6 Å². The lowest BCUT2D eigenvalue weighted by Crippen LogP contribution is -2.52. The minimum absolute atomic E-state index is 0.120. The molecule has 5 heteroatoms. The Balaban J connectivity index is 1.94. The van der Waals surface area contributed by atoms with Gasteiger partial charge in [-0.05, 0) is 25.1 Å². The third kappa shape index (κ3) is 3.10. The first-order chi connectivity index (χ1) is 9.11. The van der Waals surface area contributed by atoms with E-state index in [1.54, 1.807) is 4.90 Å². The van der Waals surface area contributed by atoms with Gasteiger partial charge in [-0.2, -0.15) is 0 Å². The summed E-state index contributed by atoms with van der Waals surface area (Å²) in [6.45, 7) is 5.96. The van der Waals surface area contributed by atoms with Crippen molar-refractivity contribution in [1.82, 2.24) is 9.80 Å². The quantitative estimate of drug-likeness (QED) is 0.821. The third-order valence-electron chi connectivity index (χ3n) is 3.59. The van der Waals surface area contributed by atoms with E-state index < -0.39 is 0 Å². The summed E-state index contributed by atoms with van der Waals surface area (Å²) in [5, 5.41) is 0. The molecule has 5 nitrogen and oxygen atoms in total. The fraction of sp³-hybridized carbons (Fsp3) is 0.500. The Kier molecular flexibility index (Phi) is 4.14. The average molecular weight is 262 g/mol. The van der Waals surface area contributed by atoms with Gasteiger partial charge in [0, 0.05) is 51.1 Å². The van der Waals surface area contributed by atoms with Crippen molar-refractivity contribution in [1.29, 1.82) is 0 Å². The van der Waals surface area contributed by atoms with Gasteiger partial charge in [0.2, 0.25) is 0 Å². The highest BCUT2D eigenvalue weighted by molar-refractivity contribution is 5.74. The maximum Gasteiger partial charge on any atom is 0.319 e. The highest BCUT2D eigenvalue weighted by Gasteiger charge is 2.22. The summed E-state index contributed by atoms with van der Waals surface area (Å²) in [4.78, 5) is 18.0. The number of amides is 2. The van der Waals surface area contributed by atoms with E-state index >= 15 is 0 Å². The number of hydrogen-bond donors (Lipinski definition) is 1. The molecule has 104 valence electrons. The molecule has 0 radical (unpaired) electrons. The number of carbonyl (C=O) groups is 1. The summed E-state index contributed by atoms with van der Waals surface area (Å²) in [5.74, 6) is 0. The number of carbonyl (C=O) groups excluding carboxylic acids is 1. The van der Waals surface area contributed by atoms with Crippen LogP contribution in [0.2, 0.25) is 0 Å². The smallest absolute Gasteiger partial charge is 0.319 e. The largest absolute Gasteiger partial charge is 0.399 e. The molecule has 0 aliphatic carbocycles. The van der Waals surface area contributed by atoms with Gasteiger partial charge in [-0.25, -0.2) is 4.79 Å². The summed E-state index contributed by atoms with van der Waals surface area (Å²) in [7, 11) is 1.84. The number of nitrogens with two attached hydrogens (primary N) is 1. The second kappa shape index (κ2) is 5.82. The first kappa shape index (κ1) is 13.5. The molecule has 0 spiro atoms. The van der Waals surface area contributed by atoms with Gasteiger partial charge >= 0.3 is 6.03 Å². The van der Waals surface area contributed by atoms with Crippen LogP contribution < -0.4 is 10.6 Å². The summed E-state index contributed by atoms with van der Waals surface area (Å²) in [5.41, 5.74) is 7.72. The Morgan fingerprint density at radius 2 is 2.00 bits per heavy atom. The Hall–Kier alpha value is -1.91. The molecular formula is C14H22N4O. The molecule has 0 atom stereocenters. The van der Waals surface area contributed by atoms with Crippen molar-refractivity contribution in [3.05, 3.63) is 24.3 Å². The minimum Gasteiger partial charge on any atom is -0.399 e. The van der Waals surface area contributed by atoms with E-state index in [4.69, 9.17) is 5.73 Å². The van der Waals surface area contributed by atoms with Gasteiger partial charge in [0.1, 0.15) is 0 Å². The molecule has 2 amide bonds. The molecule has 2 rings (SSSR count). The van der Waals surface area contributed by atoms with Gasteiger partial charge in [0.25, 0.3) is 0 Å². The molecule has 2 N–H and O–H groups in total. The summed E-state index contributed by atoms with van der Waals surface area (Å²) in [6, 6.07) is 8.02. The topological polar surface area (TPSA) is 52.8 Å². The molecule has 1 aromatic carbocycles. The van der Waals surface area contributed by atoms with E-state index in [9.17, 15) is 4.79 Å². The van der Waals surface area contributed by atoms with Crippen LogP contribution in [0, 0.1) is 0 Å². The molecule has 0 aromatic heterocycles. The van der Waals surface area contributed by atoms with Crippen LogP contribution in [0.1, 0.15) is 6.92 Å². The first-order valence-corrected chi connectivity index (χ1v) is 6.72. The van der Waals surface area contributed by atoms with E-state index in [0.29, 0.717) is 0 Å². The second-order valence-corrected chi connectivity index (χ2v) is 4.87. The lowest BCUT2D eigenvalue weighted by Gasteiger charge is -2.37. The average Bonchev–Trinajstić information content (AvgIpc) is 2.46. The summed E-state index contributed by atoms with van der Waals surface area (Å²) in [6.07, 6.45) is 0. The van der Waals surface area contributed by atoms with Crippen molar-refractivity contribution in [2.45, 2.75) is 6.92 Å². The summed E-state index contributed by atoms with van der Waals surface area (Å²) >= 11 is 0. The monoisotopic (exact) mass is 262 g/mol. The molecule has 1 saturated heterocycles. The number of hydrogen-bond acceptors (Lipinski definition) is 3. The van der Waals surface area contributed by atoms with Gasteiger partial charge < -0.3 is 20.4 Å². The highest BCUT2D eigenvalue weighted by atomic mass is 16.2. The van der Waals surface area contributed by atoms with Crippen LogP contribution in [-0.2, 0) is 0 Å². The number of nitrogens with zero attached hydrogens (tertiary/aromatic N) is 3. The van der Waals surface area contributed by atoms with E-state index in [2.05, 4.69) is 11.0 Å². The fourth-order valence-corrected chi connectivity index (χ4v) is 2.25. The zero-order valence-electron chi connectivity index (χ0n) is 11.7. The SMILES string of the molecule is CCN(C)C(=O)N1CCN(c2cccc(N)c2)CC1. The third-order valence-corrected chi connectivity index (χ3v) is 3.59. The molecule has 1 aliphatic heterocycles. The molecule has 0 bridgehead atoms. The van der Waals surface area contributed by atoms with Crippen LogP contribution in [0.15, 0.2) is 24.3 Å². The van der Waals surface area contributed by atoms with Crippen molar-refractivity contribution in [2.24, 2.45) is 0 Å². The highest BCUT2D eigenvalue weighted by Crippen LogP contribution is 2.19. The molecule has 1 aromatic rings. The predicted molar refractivity (Wildman–Crippen MR) is 78.3 cm³/mol. The van der Waals surface area contributed by atoms with E-state index in [0.717, 1.165) is 44.1 Å². The number of piperazine rings is 1. The summed E-state index contributed by atoms with van der Waals surface area (Å²) < 4.78 is 0. The molecule has 1 fully saturated rings. The molecule has 0 unspecified atom stereocenters. The maximum atomic E-state index is 12.0. The van der Waals surface area contributed by atoms with Gasteiger partial charge in [-0.3, -0.25) is 0 Å². The Labute approximate surface area is 114 Å². The number of nitrogen functional groups attached to an aromatic ring is 1. The Morgan fingerprint density at radius 1 is 1.32 bits per heavy atom. The minimum atomic E-state index is 0.120. The Morgan fingerprint density at radius 3 is 2.58 bits per heavy atom. The number of benzene rings is 1. The maximum absolute atomic E-state index is 12.0. The lowest BCUT2D eigenvalue weighted by atomic mass is 10.2. The van der Waals surface area contributed by atoms with E-state index in [1.807, 2.05) is 37.1 Å².